The van der Waals surface area contributed by atoms with Crippen LogP contribution in [0.25, 0.3) is 0 Å². The normalized spacial score (nSPS) is 14.2. The van der Waals surface area contributed by atoms with E-state index >= 15 is 0 Å². The molecule has 17 nitrogen and oxygen atoms in total. The molecule has 19 heteroatoms. The number of carbonyl (C=O) groups is 4. The second-order valence-electron chi connectivity index (χ2n) is 24.8. The smallest absolute Gasteiger partial charge is 0.462 e. The first-order valence-corrected chi connectivity index (χ1v) is 37.5. The first kappa shape index (κ1) is 83.1. The van der Waals surface area contributed by atoms with Crippen LogP contribution in [0.15, 0.2) is 0 Å². The number of ether oxygens (including phenoxy) is 4. The fourth-order valence-corrected chi connectivity index (χ4v) is 11.5. The molecule has 2 unspecified atom stereocenters. The van der Waals surface area contributed by atoms with Gasteiger partial charge in [0.05, 0.1) is 26.4 Å². The summed E-state index contributed by atoms with van der Waals surface area (Å²) in [7, 11) is -9.88. The zero-order valence-corrected chi connectivity index (χ0v) is 56.7. The third kappa shape index (κ3) is 60.7. The van der Waals surface area contributed by atoms with Crippen LogP contribution in [0.2, 0.25) is 0 Å². The van der Waals surface area contributed by atoms with E-state index in [9.17, 15) is 43.2 Å². The summed E-state index contributed by atoms with van der Waals surface area (Å²) in [4.78, 5) is 72.1. The second-order valence-corrected chi connectivity index (χ2v) is 27.7. The van der Waals surface area contributed by atoms with Crippen molar-refractivity contribution in [1.82, 2.24) is 0 Å². The topological polar surface area (TPSA) is 237 Å². The van der Waals surface area contributed by atoms with Gasteiger partial charge in [0.1, 0.15) is 19.3 Å². The lowest BCUT2D eigenvalue weighted by molar-refractivity contribution is -0.161. The fourth-order valence-electron chi connectivity index (χ4n) is 9.88. The number of phosphoric acid groups is 2. The summed E-state index contributed by atoms with van der Waals surface area (Å²) in [5.41, 5.74) is 0. The van der Waals surface area contributed by atoms with Crippen LogP contribution in [0.5, 0.6) is 0 Å². The van der Waals surface area contributed by atoms with Crippen molar-refractivity contribution < 1.29 is 80.2 Å². The van der Waals surface area contributed by atoms with Crippen molar-refractivity contribution in [3.05, 3.63) is 0 Å². The predicted octanol–water partition coefficient (Wildman–Crippen LogP) is 18.4. The highest BCUT2D eigenvalue weighted by atomic mass is 31.2. The maximum atomic E-state index is 13.0. The number of carbonyl (C=O) groups excluding carboxylic acids is 4. The molecule has 0 bridgehead atoms. The van der Waals surface area contributed by atoms with E-state index in [0.717, 1.165) is 109 Å². The number of aliphatic hydroxyl groups excluding tert-OH is 1. The fraction of sp³-hybridized carbons (Fsp3) is 0.939. The van der Waals surface area contributed by atoms with E-state index in [2.05, 4.69) is 41.5 Å². The number of hydrogen-bond donors (Lipinski definition) is 3. The van der Waals surface area contributed by atoms with Crippen molar-refractivity contribution >= 4 is 39.5 Å². The quantitative estimate of drug-likeness (QED) is 0.0222. The zero-order chi connectivity index (χ0) is 62.9. The maximum Gasteiger partial charge on any atom is 0.472 e. The van der Waals surface area contributed by atoms with Crippen LogP contribution >= 0.6 is 15.6 Å². The molecule has 0 spiro atoms. The van der Waals surface area contributed by atoms with Crippen molar-refractivity contribution in [3.63, 3.8) is 0 Å². The molecular formula is C66H128O17P2. The van der Waals surface area contributed by atoms with Gasteiger partial charge in [0.15, 0.2) is 12.2 Å². The highest BCUT2D eigenvalue weighted by Gasteiger charge is 2.30. The van der Waals surface area contributed by atoms with E-state index in [-0.39, 0.29) is 25.7 Å². The molecule has 0 amide bonds. The molecule has 0 heterocycles. The molecule has 0 radical (unpaired) electrons. The van der Waals surface area contributed by atoms with Crippen LogP contribution in [0, 0.1) is 11.8 Å². The van der Waals surface area contributed by atoms with Gasteiger partial charge in [-0.15, -0.1) is 0 Å². The van der Waals surface area contributed by atoms with Gasteiger partial charge in [-0.1, -0.05) is 279 Å². The van der Waals surface area contributed by atoms with Crippen LogP contribution in [0.4, 0.5) is 0 Å². The summed E-state index contributed by atoms with van der Waals surface area (Å²) in [5, 5.41) is 10.5. The molecule has 0 aliphatic rings. The molecule has 0 aromatic rings. The van der Waals surface area contributed by atoms with Gasteiger partial charge in [-0.25, -0.2) is 9.13 Å². The minimum absolute atomic E-state index is 0.105. The Bertz CT molecular complexity index is 1670. The van der Waals surface area contributed by atoms with E-state index in [1.165, 1.54) is 135 Å². The van der Waals surface area contributed by atoms with E-state index in [4.69, 9.17) is 37.0 Å². The molecule has 85 heavy (non-hydrogen) atoms. The van der Waals surface area contributed by atoms with Crippen molar-refractivity contribution in [2.24, 2.45) is 11.8 Å². The standard InChI is InChI=1S/C66H128O17P2/c1-7-9-11-13-15-25-30-38-44-50-65(70)82-61(54-76-63(68)48-42-36-29-16-14-12-10-8-2)56-80-84(72,73)78-52-60(67)53-79-85(74,75)81-57-62(55-77-64(69)49-43-37-33-32-35-41-47-59(5)6)83-66(71)51-45-39-31-27-24-22-20-18-17-19-21-23-26-28-34-40-46-58(3)4/h58-62,67H,7-57H2,1-6H3,(H,72,73)(H,74,75)/t60-,61+,62+/m0/s1. The first-order valence-electron chi connectivity index (χ1n) is 34.5. The summed E-state index contributed by atoms with van der Waals surface area (Å²) in [5.74, 6) is -0.648. The molecule has 0 fully saturated rings. The average molecular weight is 1260 g/mol. The van der Waals surface area contributed by atoms with Crippen molar-refractivity contribution in [2.45, 2.75) is 349 Å². The van der Waals surface area contributed by atoms with E-state index in [1.807, 2.05) is 0 Å². The van der Waals surface area contributed by atoms with Gasteiger partial charge in [0.25, 0.3) is 0 Å². The van der Waals surface area contributed by atoms with Crippen LogP contribution in [0.3, 0.4) is 0 Å². The molecule has 0 saturated carbocycles. The Labute approximate surface area is 517 Å². The Morgan fingerprint density at radius 2 is 0.541 bits per heavy atom. The predicted molar refractivity (Wildman–Crippen MR) is 340 cm³/mol. The lowest BCUT2D eigenvalue weighted by Crippen LogP contribution is -2.30. The van der Waals surface area contributed by atoms with Crippen LogP contribution in [-0.2, 0) is 65.4 Å². The molecule has 0 aliphatic heterocycles. The Morgan fingerprint density at radius 1 is 0.318 bits per heavy atom. The SMILES string of the molecule is CCCCCCCCCCCC(=O)O[C@H](COC(=O)CCCCCCCCCC)COP(=O)(O)OC[C@H](O)COP(=O)(O)OC[C@@H](COC(=O)CCCCCCCCC(C)C)OC(=O)CCCCCCCCCCCCCCCCCCC(C)C. The molecule has 0 aromatic heterocycles. The van der Waals surface area contributed by atoms with Crippen LogP contribution in [-0.4, -0.2) is 96.7 Å². The van der Waals surface area contributed by atoms with Crippen LogP contribution < -0.4 is 0 Å². The summed E-state index contributed by atoms with van der Waals surface area (Å²) < 4.78 is 67.9. The molecular weight excluding hydrogens is 1130 g/mol. The zero-order valence-electron chi connectivity index (χ0n) is 54.9. The Balaban J connectivity index is 5.14. The number of unbranched alkanes of at least 4 members (excludes halogenated alkanes) is 35. The minimum Gasteiger partial charge on any atom is -0.462 e. The maximum absolute atomic E-state index is 13.0. The van der Waals surface area contributed by atoms with Gasteiger partial charge in [-0.05, 0) is 37.5 Å². The van der Waals surface area contributed by atoms with Crippen molar-refractivity contribution in [1.29, 1.82) is 0 Å². The monoisotopic (exact) mass is 1250 g/mol. The molecule has 0 aliphatic carbocycles. The molecule has 504 valence electrons. The molecule has 0 aromatic carbocycles. The summed E-state index contributed by atoms with van der Waals surface area (Å²) in [6.07, 6.45) is 42.0. The molecule has 0 rings (SSSR count). The number of hydrogen-bond acceptors (Lipinski definition) is 15. The highest BCUT2D eigenvalue weighted by Crippen LogP contribution is 2.45. The summed E-state index contributed by atoms with van der Waals surface area (Å²) >= 11 is 0. The summed E-state index contributed by atoms with van der Waals surface area (Å²) in [6, 6.07) is 0. The largest absolute Gasteiger partial charge is 0.472 e. The Hall–Kier alpha value is -1.94. The molecule has 3 N–H and O–H groups in total. The van der Waals surface area contributed by atoms with Gasteiger partial charge in [-0.3, -0.25) is 37.3 Å². The lowest BCUT2D eigenvalue weighted by atomic mass is 10.0. The molecule has 5 atom stereocenters. The minimum atomic E-state index is -4.95. The van der Waals surface area contributed by atoms with Gasteiger partial charge >= 0.3 is 39.5 Å². The second kappa shape index (κ2) is 58.4. The van der Waals surface area contributed by atoms with Crippen LogP contribution in [0.1, 0.15) is 330 Å². The Morgan fingerprint density at radius 3 is 0.800 bits per heavy atom. The van der Waals surface area contributed by atoms with E-state index in [0.29, 0.717) is 31.6 Å². The van der Waals surface area contributed by atoms with E-state index < -0.39 is 97.5 Å². The number of esters is 4. The lowest BCUT2D eigenvalue weighted by Gasteiger charge is -2.21. The molecule has 0 saturated heterocycles. The van der Waals surface area contributed by atoms with Gasteiger partial charge in [0, 0.05) is 25.7 Å². The number of phosphoric ester groups is 2. The van der Waals surface area contributed by atoms with Crippen molar-refractivity contribution in [3.8, 4) is 0 Å². The third-order valence-electron chi connectivity index (χ3n) is 15.2. The highest BCUT2D eigenvalue weighted by molar-refractivity contribution is 7.47. The average Bonchev–Trinajstić information content (AvgIpc) is 3.47. The van der Waals surface area contributed by atoms with E-state index in [1.54, 1.807) is 0 Å². The van der Waals surface area contributed by atoms with Gasteiger partial charge in [0.2, 0.25) is 0 Å². The third-order valence-corrected chi connectivity index (χ3v) is 17.1. The first-order chi connectivity index (χ1) is 40.9. The van der Waals surface area contributed by atoms with Gasteiger partial charge in [-0.2, -0.15) is 0 Å². The number of rotatable bonds is 65. The van der Waals surface area contributed by atoms with Crippen molar-refractivity contribution in [2.75, 3.05) is 39.6 Å². The number of aliphatic hydroxyl groups is 1. The van der Waals surface area contributed by atoms with Gasteiger partial charge < -0.3 is 33.8 Å². The Kier molecular flexibility index (Phi) is 57.1. The summed E-state index contributed by atoms with van der Waals surface area (Å²) in [6.45, 7) is 9.42.